The fourth-order valence-corrected chi connectivity index (χ4v) is 4.48. The zero-order chi connectivity index (χ0) is 17.6. The van der Waals surface area contributed by atoms with Crippen molar-refractivity contribution in [3.8, 4) is 5.75 Å². The van der Waals surface area contributed by atoms with Crippen LogP contribution in [0.1, 0.15) is 50.0 Å². The molecule has 5 nitrogen and oxygen atoms in total. The summed E-state index contributed by atoms with van der Waals surface area (Å²) in [5, 5.41) is 11.1. The van der Waals surface area contributed by atoms with Crippen LogP contribution in [0, 0.1) is 5.92 Å². The van der Waals surface area contributed by atoms with Gasteiger partial charge in [-0.15, -0.1) is 0 Å². The summed E-state index contributed by atoms with van der Waals surface area (Å²) in [5.74, 6) is -1.38. The molecule has 1 N–H and O–H groups in total. The van der Waals surface area contributed by atoms with Crippen LogP contribution >= 0.6 is 0 Å². The highest BCUT2D eigenvalue weighted by Gasteiger charge is 2.56. The fraction of sp³-hybridized carbons (Fsp3) is 0.500. The van der Waals surface area contributed by atoms with Crippen molar-refractivity contribution in [3.05, 3.63) is 41.2 Å². The molecule has 3 unspecified atom stereocenters. The fourth-order valence-electron chi connectivity index (χ4n) is 4.48. The highest BCUT2D eigenvalue weighted by atomic mass is 16.6. The van der Waals surface area contributed by atoms with E-state index < -0.39 is 17.6 Å². The topological polar surface area (TPSA) is 72.8 Å². The van der Waals surface area contributed by atoms with E-state index in [4.69, 9.17) is 9.47 Å². The van der Waals surface area contributed by atoms with Crippen LogP contribution in [0.15, 0.2) is 35.6 Å². The molecule has 5 heteroatoms. The number of fused-ring (bicyclic) bond motifs is 1. The maximum Gasteiger partial charge on any atom is 0.218 e. The lowest BCUT2D eigenvalue weighted by Gasteiger charge is -2.48. The summed E-state index contributed by atoms with van der Waals surface area (Å²) in [5.41, 5.74) is 1.44. The minimum atomic E-state index is -1.50. The van der Waals surface area contributed by atoms with Gasteiger partial charge in [0.15, 0.2) is 5.78 Å². The first-order valence-corrected chi connectivity index (χ1v) is 8.88. The Labute approximate surface area is 146 Å². The van der Waals surface area contributed by atoms with Crippen LogP contribution in [0.2, 0.25) is 0 Å². The molecular formula is C20H22O5. The monoisotopic (exact) mass is 342 g/mol. The van der Waals surface area contributed by atoms with Crippen molar-refractivity contribution in [2.75, 3.05) is 7.11 Å². The summed E-state index contributed by atoms with van der Waals surface area (Å²) in [6.07, 6.45) is 3.27. The van der Waals surface area contributed by atoms with Crippen LogP contribution < -0.4 is 4.74 Å². The van der Waals surface area contributed by atoms with Crippen LogP contribution in [-0.2, 0) is 14.3 Å². The second kappa shape index (κ2) is 5.99. The minimum Gasteiger partial charge on any atom is -0.497 e. The average molecular weight is 342 g/mol. The predicted octanol–water partition coefficient (Wildman–Crippen LogP) is 2.87. The quantitative estimate of drug-likeness (QED) is 0.895. The van der Waals surface area contributed by atoms with Crippen LogP contribution in [-0.4, -0.2) is 29.6 Å². The van der Waals surface area contributed by atoms with Crippen LogP contribution in [0.25, 0.3) is 0 Å². The number of hydrogen-bond donors (Lipinski definition) is 1. The molecular weight excluding hydrogens is 320 g/mol. The molecule has 0 bridgehead atoms. The van der Waals surface area contributed by atoms with Gasteiger partial charge in [0.05, 0.1) is 13.0 Å². The first-order chi connectivity index (χ1) is 12.0. The van der Waals surface area contributed by atoms with Gasteiger partial charge in [0.1, 0.15) is 17.3 Å². The van der Waals surface area contributed by atoms with Crippen LogP contribution in [0.5, 0.6) is 5.75 Å². The van der Waals surface area contributed by atoms with Crippen molar-refractivity contribution in [3.63, 3.8) is 0 Å². The number of rotatable bonds is 2. The molecule has 25 heavy (non-hydrogen) atoms. The van der Waals surface area contributed by atoms with E-state index in [0.717, 1.165) is 12.0 Å². The van der Waals surface area contributed by atoms with Gasteiger partial charge in [-0.2, -0.15) is 0 Å². The number of ketones is 2. The van der Waals surface area contributed by atoms with E-state index in [-0.39, 0.29) is 11.6 Å². The van der Waals surface area contributed by atoms with Crippen molar-refractivity contribution in [1.82, 2.24) is 0 Å². The summed E-state index contributed by atoms with van der Waals surface area (Å²) in [7, 11) is 1.60. The third-order valence-electron chi connectivity index (χ3n) is 5.62. The molecule has 1 aromatic carbocycles. The Morgan fingerprint density at radius 1 is 1.12 bits per heavy atom. The predicted molar refractivity (Wildman–Crippen MR) is 90.0 cm³/mol. The van der Waals surface area contributed by atoms with Crippen molar-refractivity contribution >= 4 is 11.6 Å². The molecule has 3 aliphatic rings. The van der Waals surface area contributed by atoms with Gasteiger partial charge in [0.25, 0.3) is 0 Å². The Morgan fingerprint density at radius 3 is 2.60 bits per heavy atom. The van der Waals surface area contributed by atoms with Crippen molar-refractivity contribution in [2.45, 2.75) is 50.2 Å². The van der Waals surface area contributed by atoms with Crippen LogP contribution in [0.4, 0.5) is 0 Å². The molecule has 1 heterocycles. The number of aliphatic hydroxyl groups is 1. The summed E-state index contributed by atoms with van der Waals surface area (Å²) in [4.78, 5) is 25.4. The van der Waals surface area contributed by atoms with Crippen molar-refractivity contribution in [2.24, 2.45) is 5.92 Å². The summed E-state index contributed by atoms with van der Waals surface area (Å²) < 4.78 is 11.1. The van der Waals surface area contributed by atoms with E-state index in [2.05, 4.69) is 0 Å². The molecule has 132 valence electrons. The molecule has 1 saturated carbocycles. The minimum absolute atomic E-state index is 0.0282. The Balaban J connectivity index is 1.87. The number of carbonyl (C=O) groups is 2. The Kier molecular flexibility index (Phi) is 3.91. The second-order valence-electron chi connectivity index (χ2n) is 7.11. The highest BCUT2D eigenvalue weighted by Crippen LogP contribution is 2.52. The molecule has 1 fully saturated rings. The first-order valence-electron chi connectivity index (χ1n) is 8.88. The van der Waals surface area contributed by atoms with Gasteiger partial charge in [-0.25, -0.2) is 0 Å². The van der Waals surface area contributed by atoms with E-state index in [1.165, 1.54) is 0 Å². The van der Waals surface area contributed by atoms with Gasteiger partial charge in [0, 0.05) is 37.2 Å². The lowest BCUT2D eigenvalue weighted by atomic mass is 9.65. The van der Waals surface area contributed by atoms with E-state index in [1.54, 1.807) is 7.11 Å². The number of carbonyl (C=O) groups excluding carboxylic acids is 2. The van der Waals surface area contributed by atoms with E-state index in [0.29, 0.717) is 49.2 Å². The number of allylic oxidation sites excluding steroid dienone is 2. The number of Topliss-reactive ketones (excluding diaryl/α,β-unsaturated/α-hetero) is 2. The van der Waals surface area contributed by atoms with Crippen LogP contribution in [0.3, 0.4) is 0 Å². The zero-order valence-electron chi connectivity index (χ0n) is 14.3. The normalized spacial score (nSPS) is 31.9. The van der Waals surface area contributed by atoms with E-state index >= 15 is 0 Å². The van der Waals surface area contributed by atoms with Crippen molar-refractivity contribution in [1.29, 1.82) is 0 Å². The standard InChI is InChI=1S/C20H22O5/c1-24-13-9-7-12(8-10-13)17-18-14(21)4-2-6-16(18)25-20(23)11-3-5-15(22)19(17)20/h7-10,17,19,23H,2-6,11H2,1H3. The van der Waals surface area contributed by atoms with Gasteiger partial charge < -0.3 is 14.6 Å². The molecule has 0 saturated heterocycles. The smallest absolute Gasteiger partial charge is 0.218 e. The molecule has 0 amide bonds. The lowest BCUT2D eigenvalue weighted by Crippen LogP contribution is -2.54. The third kappa shape index (κ3) is 2.58. The summed E-state index contributed by atoms with van der Waals surface area (Å²) in [6.45, 7) is 0. The zero-order valence-corrected chi connectivity index (χ0v) is 14.3. The van der Waals surface area contributed by atoms with Gasteiger partial charge in [-0.3, -0.25) is 9.59 Å². The molecule has 1 aliphatic heterocycles. The van der Waals surface area contributed by atoms with Gasteiger partial charge in [-0.05, 0) is 30.5 Å². The highest BCUT2D eigenvalue weighted by molar-refractivity contribution is 6.00. The molecule has 0 aromatic heterocycles. The Hall–Kier alpha value is -2.14. The average Bonchev–Trinajstić information content (AvgIpc) is 2.60. The van der Waals surface area contributed by atoms with Gasteiger partial charge in [0.2, 0.25) is 5.79 Å². The van der Waals surface area contributed by atoms with E-state index in [1.807, 2.05) is 24.3 Å². The largest absolute Gasteiger partial charge is 0.497 e. The molecule has 3 atom stereocenters. The number of benzene rings is 1. The molecule has 0 spiro atoms. The van der Waals surface area contributed by atoms with E-state index in [9.17, 15) is 14.7 Å². The lowest BCUT2D eigenvalue weighted by molar-refractivity contribution is -0.237. The summed E-state index contributed by atoms with van der Waals surface area (Å²) >= 11 is 0. The third-order valence-corrected chi connectivity index (χ3v) is 5.62. The van der Waals surface area contributed by atoms with Gasteiger partial charge >= 0.3 is 0 Å². The molecule has 2 aliphatic carbocycles. The molecule has 4 rings (SSSR count). The number of methoxy groups -OCH3 is 1. The Bertz CT molecular complexity index is 748. The summed E-state index contributed by atoms with van der Waals surface area (Å²) in [6, 6.07) is 7.41. The number of hydrogen-bond acceptors (Lipinski definition) is 5. The molecule has 1 aromatic rings. The van der Waals surface area contributed by atoms with Crippen molar-refractivity contribution < 1.29 is 24.2 Å². The second-order valence-corrected chi connectivity index (χ2v) is 7.11. The van der Waals surface area contributed by atoms with Gasteiger partial charge in [-0.1, -0.05) is 12.1 Å². The maximum atomic E-state index is 12.7. The Morgan fingerprint density at radius 2 is 1.88 bits per heavy atom. The number of ether oxygens (including phenoxy) is 2. The first kappa shape index (κ1) is 16.3. The maximum absolute atomic E-state index is 12.7. The molecule has 0 radical (unpaired) electrons. The SMILES string of the molecule is COc1ccc(C2C3=C(CCCC3=O)OC3(O)CCCC(=O)C23)cc1.